The molecule has 0 amide bonds. The van der Waals surface area contributed by atoms with Gasteiger partial charge in [-0.15, -0.1) is 0 Å². The van der Waals surface area contributed by atoms with Crippen molar-refractivity contribution in [2.75, 3.05) is 6.54 Å². The second-order valence-electron chi connectivity index (χ2n) is 1.25. The lowest BCUT2D eigenvalue weighted by atomic mass is 10.5. The molecule has 0 spiro atoms. The lowest BCUT2D eigenvalue weighted by Crippen LogP contribution is -1.67. The van der Waals surface area contributed by atoms with Crippen LogP contribution in [0, 0.1) is 6.08 Å². The van der Waals surface area contributed by atoms with Crippen molar-refractivity contribution in [1.29, 1.82) is 0 Å². The molecule has 0 aromatic heterocycles. The molecule has 0 aromatic carbocycles. The third-order valence-electron chi connectivity index (χ3n) is 0.699. The van der Waals surface area contributed by atoms with Gasteiger partial charge in [-0.25, -0.2) is 0 Å². The van der Waals surface area contributed by atoms with Gasteiger partial charge in [-0.1, -0.05) is 12.2 Å². The smallest absolute Gasteiger partial charge is 0.0643 e. The van der Waals surface area contributed by atoms with Crippen molar-refractivity contribution < 1.29 is 0 Å². The molecule has 0 N–H and O–H groups in total. The normalized spacial score (nSPS) is 17.1. The summed E-state index contributed by atoms with van der Waals surface area (Å²) in [6.07, 6.45) is 10.4. The fourth-order valence-corrected chi connectivity index (χ4v) is 0.392. The molecule has 0 fully saturated rings. The van der Waals surface area contributed by atoms with E-state index in [9.17, 15) is 0 Å². The number of hydrogen-bond acceptors (Lipinski definition) is 1. The first-order valence-corrected chi connectivity index (χ1v) is 2.22. The molecule has 1 aliphatic rings. The van der Waals surface area contributed by atoms with Crippen LogP contribution in [0.5, 0.6) is 0 Å². The molecule has 0 aliphatic carbocycles. The Hall–Kier alpha value is -0.850. The summed E-state index contributed by atoms with van der Waals surface area (Å²) in [6, 6.07) is 0. The standard InChI is InChI=1S/C6H6N/c1-2-4-6-7-5-3-1/h1-3,5H,6H2. The van der Waals surface area contributed by atoms with Gasteiger partial charge in [0.15, 0.2) is 0 Å². The van der Waals surface area contributed by atoms with Gasteiger partial charge >= 0.3 is 0 Å². The highest BCUT2D eigenvalue weighted by Crippen LogP contribution is 1.80. The van der Waals surface area contributed by atoms with E-state index in [0.717, 1.165) is 0 Å². The molecule has 1 aliphatic heterocycles. The quantitative estimate of drug-likeness (QED) is 0.422. The van der Waals surface area contributed by atoms with Crippen molar-refractivity contribution >= 4 is 6.21 Å². The van der Waals surface area contributed by atoms with Crippen molar-refractivity contribution in [2.24, 2.45) is 4.99 Å². The van der Waals surface area contributed by atoms with Crippen LogP contribution in [0.3, 0.4) is 0 Å². The minimum Gasteiger partial charge on any atom is -0.288 e. The van der Waals surface area contributed by atoms with Crippen molar-refractivity contribution in [3.05, 3.63) is 24.3 Å². The summed E-state index contributed by atoms with van der Waals surface area (Å²) < 4.78 is 0. The lowest BCUT2D eigenvalue weighted by molar-refractivity contribution is 1.23. The fourth-order valence-electron chi connectivity index (χ4n) is 0.392. The predicted molar refractivity (Wildman–Crippen MR) is 30.3 cm³/mol. The molecule has 0 aromatic rings. The maximum atomic E-state index is 3.92. The van der Waals surface area contributed by atoms with Crippen LogP contribution in [0.25, 0.3) is 0 Å². The Morgan fingerprint density at radius 2 is 2.43 bits per heavy atom. The second-order valence-corrected chi connectivity index (χ2v) is 1.25. The molecule has 1 heterocycles. The average Bonchev–Trinajstić information content (AvgIpc) is 1.90. The Labute approximate surface area is 43.1 Å². The molecule has 0 bridgehead atoms. The van der Waals surface area contributed by atoms with Crippen molar-refractivity contribution in [3.63, 3.8) is 0 Å². The third kappa shape index (κ3) is 1.35. The van der Waals surface area contributed by atoms with Crippen LogP contribution in [0.15, 0.2) is 23.2 Å². The van der Waals surface area contributed by atoms with Crippen LogP contribution < -0.4 is 0 Å². The lowest BCUT2D eigenvalue weighted by Gasteiger charge is -1.70. The molecule has 7 heavy (non-hydrogen) atoms. The van der Waals surface area contributed by atoms with Gasteiger partial charge in [0.05, 0.1) is 6.54 Å². The Balaban J connectivity index is 2.60. The molecule has 1 nitrogen and oxygen atoms in total. The molecule has 0 saturated heterocycles. The molecule has 0 unspecified atom stereocenters. The Morgan fingerprint density at radius 1 is 1.43 bits per heavy atom. The van der Waals surface area contributed by atoms with E-state index in [0.29, 0.717) is 6.54 Å². The van der Waals surface area contributed by atoms with E-state index < -0.39 is 0 Å². The summed E-state index contributed by atoms with van der Waals surface area (Å²) in [6.45, 7) is 0.701. The van der Waals surface area contributed by atoms with E-state index >= 15 is 0 Å². The molecular weight excluding hydrogens is 86.1 g/mol. The second kappa shape index (κ2) is 2.35. The first-order chi connectivity index (χ1) is 3.50. The van der Waals surface area contributed by atoms with E-state index in [2.05, 4.69) is 11.1 Å². The maximum absolute atomic E-state index is 3.92. The van der Waals surface area contributed by atoms with Gasteiger partial charge in [-0.3, -0.25) is 4.99 Å². The number of aliphatic imine (C=N–C) groups is 1. The predicted octanol–water partition coefficient (Wildman–Crippen LogP) is 0.986. The largest absolute Gasteiger partial charge is 0.288 e. The van der Waals surface area contributed by atoms with Crippen molar-refractivity contribution in [1.82, 2.24) is 0 Å². The molecule has 0 saturated carbocycles. The monoisotopic (exact) mass is 92.1 g/mol. The number of rotatable bonds is 0. The summed E-state index contributed by atoms with van der Waals surface area (Å²) in [5, 5.41) is 0. The van der Waals surface area contributed by atoms with E-state index in [-0.39, 0.29) is 0 Å². The first kappa shape index (κ1) is 4.31. The first-order valence-electron chi connectivity index (χ1n) is 2.22. The van der Waals surface area contributed by atoms with E-state index in [1.165, 1.54) is 0 Å². The maximum Gasteiger partial charge on any atom is 0.0643 e. The zero-order valence-electron chi connectivity index (χ0n) is 3.96. The number of hydrogen-bond donors (Lipinski definition) is 0. The van der Waals surface area contributed by atoms with Crippen LogP contribution in [0.4, 0.5) is 0 Å². The Morgan fingerprint density at radius 3 is 3.43 bits per heavy atom. The highest BCUT2D eigenvalue weighted by atomic mass is 14.7. The van der Waals surface area contributed by atoms with Crippen molar-refractivity contribution in [3.8, 4) is 0 Å². The van der Waals surface area contributed by atoms with Crippen LogP contribution in [0.1, 0.15) is 0 Å². The molecule has 35 valence electrons. The zero-order valence-corrected chi connectivity index (χ0v) is 3.96. The molecule has 1 heteroatoms. The molecular formula is C6H6N. The van der Waals surface area contributed by atoms with Crippen LogP contribution >= 0.6 is 0 Å². The molecule has 1 radical (unpaired) electrons. The van der Waals surface area contributed by atoms with E-state index in [1.807, 2.05) is 18.2 Å². The SMILES string of the molecule is [C]1=CC=CC=NC1. The topological polar surface area (TPSA) is 12.4 Å². The van der Waals surface area contributed by atoms with Gasteiger partial charge in [0.2, 0.25) is 0 Å². The van der Waals surface area contributed by atoms with Gasteiger partial charge in [-0.05, 0) is 12.2 Å². The van der Waals surface area contributed by atoms with Crippen LogP contribution in [0.2, 0.25) is 0 Å². The number of allylic oxidation sites excluding steroid dienone is 3. The van der Waals surface area contributed by atoms with Gasteiger partial charge < -0.3 is 0 Å². The van der Waals surface area contributed by atoms with E-state index in [1.54, 1.807) is 6.21 Å². The average molecular weight is 92.1 g/mol. The third-order valence-corrected chi connectivity index (χ3v) is 0.699. The van der Waals surface area contributed by atoms with Gasteiger partial charge in [-0.2, -0.15) is 0 Å². The minimum atomic E-state index is 0.701. The Bertz CT molecular complexity index is 106. The molecule has 0 atom stereocenters. The highest BCUT2D eigenvalue weighted by Gasteiger charge is 1.71. The van der Waals surface area contributed by atoms with Gasteiger partial charge in [0.1, 0.15) is 0 Å². The summed E-state index contributed by atoms with van der Waals surface area (Å²) in [5.74, 6) is 0. The summed E-state index contributed by atoms with van der Waals surface area (Å²) in [7, 11) is 0. The van der Waals surface area contributed by atoms with Crippen LogP contribution in [-0.4, -0.2) is 12.8 Å². The van der Waals surface area contributed by atoms with Crippen molar-refractivity contribution in [2.45, 2.75) is 0 Å². The highest BCUT2D eigenvalue weighted by molar-refractivity contribution is 5.71. The summed E-state index contributed by atoms with van der Waals surface area (Å²) in [4.78, 5) is 3.92. The van der Waals surface area contributed by atoms with E-state index in [4.69, 9.17) is 0 Å². The number of nitrogens with zero attached hydrogens (tertiary/aromatic N) is 1. The Kier molecular flexibility index (Phi) is 1.44. The minimum absolute atomic E-state index is 0.701. The summed E-state index contributed by atoms with van der Waals surface area (Å²) >= 11 is 0. The van der Waals surface area contributed by atoms with Gasteiger partial charge in [0.25, 0.3) is 0 Å². The van der Waals surface area contributed by atoms with Crippen LogP contribution in [-0.2, 0) is 0 Å². The molecule has 1 rings (SSSR count). The zero-order chi connectivity index (χ0) is 4.95. The summed E-state index contributed by atoms with van der Waals surface area (Å²) in [5.41, 5.74) is 0. The van der Waals surface area contributed by atoms with Gasteiger partial charge in [0, 0.05) is 6.21 Å². The fraction of sp³-hybridized carbons (Fsp3) is 0.167.